The zero-order valence-electron chi connectivity index (χ0n) is 28.3. The third-order valence-corrected chi connectivity index (χ3v) is 10.8. The van der Waals surface area contributed by atoms with Crippen molar-refractivity contribution in [2.24, 2.45) is 11.1 Å². The molecule has 0 radical (unpaired) electrons. The highest BCUT2D eigenvalue weighted by molar-refractivity contribution is 8.00. The number of nitrogens with one attached hydrogen (secondary N) is 2. The van der Waals surface area contributed by atoms with Crippen LogP contribution in [0.3, 0.4) is 0 Å². The number of thiazole rings is 1. The van der Waals surface area contributed by atoms with Crippen LogP contribution in [0.25, 0.3) is 0 Å². The molecule has 6 rings (SSSR count). The van der Waals surface area contributed by atoms with Crippen molar-refractivity contribution in [2.45, 2.75) is 36.8 Å². The number of thioether (sulfide) groups is 1. The van der Waals surface area contributed by atoms with Crippen LogP contribution in [0.4, 0.5) is 16.5 Å². The first-order valence-corrected chi connectivity index (χ1v) is 18.6. The second-order valence-electron chi connectivity index (χ2n) is 12.0. The van der Waals surface area contributed by atoms with Crippen LogP contribution in [-0.2, 0) is 61.0 Å². The highest BCUT2D eigenvalue weighted by Gasteiger charge is 2.72. The zero-order chi connectivity index (χ0) is 40.1. The molecule has 21 nitrogen and oxygen atoms in total. The van der Waals surface area contributed by atoms with Crippen molar-refractivity contribution in [1.29, 1.82) is 0 Å². The summed E-state index contributed by atoms with van der Waals surface area (Å²) >= 11 is 7.63. The summed E-state index contributed by atoms with van der Waals surface area (Å²) in [5.41, 5.74) is -2.29. The number of alkyl halides is 1. The van der Waals surface area contributed by atoms with E-state index in [9.17, 15) is 49.0 Å². The summed E-state index contributed by atoms with van der Waals surface area (Å²) in [7, 11) is 0. The number of halogens is 1. The Balaban J connectivity index is 1.14. The number of β-lactam (4-membered cyclic amide) rings is 1. The van der Waals surface area contributed by atoms with Gasteiger partial charge in [-0.25, -0.2) is 14.6 Å². The quantitative estimate of drug-likeness (QED) is 0.0421. The van der Waals surface area contributed by atoms with Crippen LogP contribution in [0, 0.1) is 26.1 Å². The van der Waals surface area contributed by atoms with E-state index in [1.807, 2.05) is 0 Å². The fraction of sp³-hybridized carbons (Fsp3) is 0.312. The molecule has 3 aromatic rings. The number of non-ortho nitro benzene ring substituents is 2. The van der Waals surface area contributed by atoms with Crippen LogP contribution < -0.4 is 10.6 Å². The van der Waals surface area contributed by atoms with Crippen molar-refractivity contribution in [3.8, 4) is 0 Å². The summed E-state index contributed by atoms with van der Waals surface area (Å²) in [5, 5.41) is 31.0. The number of benzene rings is 2. The van der Waals surface area contributed by atoms with Gasteiger partial charge in [-0.3, -0.25) is 44.3 Å². The minimum atomic E-state index is -2.13. The average Bonchev–Trinajstić information content (AvgIpc) is 3.79. The molecule has 0 spiro atoms. The van der Waals surface area contributed by atoms with E-state index >= 15 is 0 Å². The lowest BCUT2D eigenvalue weighted by Crippen LogP contribution is -2.80. The third-order valence-electron chi connectivity index (χ3n) is 8.42. The maximum absolute atomic E-state index is 13.7. The summed E-state index contributed by atoms with van der Waals surface area (Å²) < 4.78 is 16.1. The van der Waals surface area contributed by atoms with E-state index in [-0.39, 0.29) is 53.5 Å². The van der Waals surface area contributed by atoms with Gasteiger partial charge in [0, 0.05) is 41.3 Å². The van der Waals surface area contributed by atoms with E-state index in [4.69, 9.17) is 30.6 Å². The molecule has 3 fully saturated rings. The van der Waals surface area contributed by atoms with Crippen LogP contribution in [0.1, 0.15) is 23.2 Å². The second-order valence-corrected chi connectivity index (χ2v) is 14.2. The Kier molecular flexibility index (Phi) is 11.8. The molecular weight excluding hydrogens is 806 g/mol. The van der Waals surface area contributed by atoms with Crippen LogP contribution in [0.2, 0.25) is 0 Å². The molecule has 4 heterocycles. The summed E-state index contributed by atoms with van der Waals surface area (Å²) in [6.45, 7) is -1.40. The molecule has 3 aliphatic rings. The number of nitrogens with zero attached hydrogens (tertiary/aromatic N) is 5. The molecule has 0 bridgehead atoms. The maximum atomic E-state index is 13.7. The first-order chi connectivity index (χ1) is 26.8. The second kappa shape index (κ2) is 16.7. The number of ether oxygens (including phenoxy) is 3. The highest BCUT2D eigenvalue weighted by Crippen LogP contribution is 2.51. The summed E-state index contributed by atoms with van der Waals surface area (Å²) in [6.07, 6.45) is -0.190. The summed E-state index contributed by atoms with van der Waals surface area (Å²) in [5.74, 6) is -6.14. The van der Waals surface area contributed by atoms with Gasteiger partial charge in [0.2, 0.25) is 12.5 Å². The Morgan fingerprint density at radius 2 is 1.62 bits per heavy atom. The Hall–Kier alpha value is -6.20. The molecule has 3 saturated heterocycles. The van der Waals surface area contributed by atoms with Crippen molar-refractivity contribution in [3.05, 3.63) is 91.0 Å². The van der Waals surface area contributed by atoms with E-state index in [1.54, 1.807) is 0 Å². The van der Waals surface area contributed by atoms with Crippen LogP contribution in [-0.4, -0.2) is 96.5 Å². The summed E-state index contributed by atoms with van der Waals surface area (Å²) in [4.78, 5) is 109. The van der Waals surface area contributed by atoms with Gasteiger partial charge in [-0.2, -0.15) is 0 Å². The van der Waals surface area contributed by atoms with Gasteiger partial charge in [-0.1, -0.05) is 5.16 Å². The zero-order valence-corrected chi connectivity index (χ0v) is 30.7. The lowest BCUT2D eigenvalue weighted by atomic mass is 9.89. The van der Waals surface area contributed by atoms with E-state index < -0.39 is 80.9 Å². The van der Waals surface area contributed by atoms with Crippen molar-refractivity contribution >= 4 is 92.5 Å². The minimum absolute atomic E-state index is 0.0330. The number of fused-ring (bicyclic) bond motifs is 3. The molecular formula is C32H26ClN7O14S2. The third kappa shape index (κ3) is 8.23. The van der Waals surface area contributed by atoms with E-state index in [0.717, 1.165) is 16.2 Å². The van der Waals surface area contributed by atoms with Gasteiger partial charge in [-0.05, 0) is 35.4 Å². The monoisotopic (exact) mass is 831 g/mol. The Morgan fingerprint density at radius 3 is 2.23 bits per heavy atom. The van der Waals surface area contributed by atoms with Gasteiger partial charge < -0.3 is 29.7 Å². The van der Waals surface area contributed by atoms with Gasteiger partial charge in [0.25, 0.3) is 28.9 Å². The smallest absolute Gasteiger partial charge is 0.373 e. The summed E-state index contributed by atoms with van der Waals surface area (Å²) in [6, 6.07) is 9.19. The number of nitro benzene ring substituents is 2. The maximum Gasteiger partial charge on any atom is 0.373 e. The molecule has 3 aliphatic heterocycles. The molecule has 2 N–H and O–H groups in total. The number of carbonyl (C=O) groups is 6. The SMILES string of the molecule is O=C(CCl)Nc1nc(/C(=N/OCC(=O)OCc2ccc([N+](=O)[O-])cc2)C(=O)N[C@@H]2C(=O)N3[C@@H]2SC[C@@H]2CC(=O)O[C@@]23C(=O)OCc2ccc([N+](=O)[O-])cc2)cs1. The molecule has 2 aromatic carbocycles. The molecule has 0 unspecified atom stereocenters. The number of amides is 3. The van der Waals surface area contributed by atoms with Gasteiger partial charge >= 0.3 is 17.9 Å². The molecule has 292 valence electrons. The molecule has 3 amide bonds. The number of carbonyl (C=O) groups excluding carboxylic acids is 6. The van der Waals surface area contributed by atoms with Crippen molar-refractivity contribution < 1.29 is 57.7 Å². The normalized spacial score (nSPS) is 21.1. The largest absolute Gasteiger partial charge is 0.458 e. The molecule has 56 heavy (non-hydrogen) atoms. The molecule has 1 aromatic heterocycles. The molecule has 0 saturated carbocycles. The number of rotatable bonds is 15. The highest BCUT2D eigenvalue weighted by atomic mass is 35.5. The number of nitro groups is 2. The van der Waals surface area contributed by atoms with Gasteiger partial charge in [0.1, 0.15) is 36.2 Å². The van der Waals surface area contributed by atoms with Crippen LogP contribution >= 0.6 is 34.7 Å². The van der Waals surface area contributed by atoms with Gasteiger partial charge in [0.05, 0.1) is 16.3 Å². The molecule has 24 heteroatoms. The lowest BCUT2D eigenvalue weighted by molar-refractivity contribution is -0.385. The Morgan fingerprint density at radius 1 is 1.00 bits per heavy atom. The molecule has 4 atom stereocenters. The van der Waals surface area contributed by atoms with Crippen molar-refractivity contribution in [2.75, 3.05) is 23.6 Å². The van der Waals surface area contributed by atoms with Crippen LogP contribution in [0.5, 0.6) is 0 Å². The average molecular weight is 832 g/mol. The number of hydrogen-bond donors (Lipinski definition) is 2. The first-order valence-electron chi connectivity index (χ1n) is 16.1. The predicted octanol–water partition coefficient (Wildman–Crippen LogP) is 2.00. The molecule has 0 aliphatic carbocycles. The van der Waals surface area contributed by atoms with Crippen LogP contribution in [0.15, 0.2) is 59.1 Å². The number of hydrogen-bond acceptors (Lipinski definition) is 18. The fourth-order valence-electron chi connectivity index (χ4n) is 5.74. The minimum Gasteiger partial charge on any atom is -0.458 e. The Labute approximate surface area is 326 Å². The van der Waals surface area contributed by atoms with E-state index in [2.05, 4.69) is 20.8 Å². The topological polar surface area (TPSA) is 278 Å². The first kappa shape index (κ1) is 39.5. The van der Waals surface area contributed by atoms with Crippen molar-refractivity contribution in [1.82, 2.24) is 15.2 Å². The standard InChI is InChI=1S/C32H26ClN7O14S2/c33-10-22(41)35-31-34-21(15-56-31)25(37-53-13-24(43)51-11-16-1-5-19(6-2-16)39(47)48)27(44)36-26-28(45)38-29(26)55-14-18-9-23(42)54-32(18,38)30(46)52-12-17-3-7-20(8-4-17)40(49)50/h1-8,15,18,26,29H,9-14H2,(H,36,44)(H,34,35,41)/b37-25-/t18-,26+,29+,32+/m0/s1. The Bertz CT molecular complexity index is 2130. The van der Waals surface area contributed by atoms with Crippen molar-refractivity contribution in [3.63, 3.8) is 0 Å². The number of anilines is 1. The van der Waals surface area contributed by atoms with E-state index in [0.29, 0.717) is 11.1 Å². The lowest BCUT2D eigenvalue weighted by Gasteiger charge is -2.56. The van der Waals surface area contributed by atoms with Gasteiger partial charge in [-0.15, -0.1) is 34.7 Å². The fourth-order valence-corrected chi connectivity index (χ4v) is 8.08. The number of aromatic nitrogens is 1. The number of esters is 3. The van der Waals surface area contributed by atoms with E-state index in [1.165, 1.54) is 65.7 Å². The number of oxime groups is 1. The van der Waals surface area contributed by atoms with Gasteiger partial charge in [0.15, 0.2) is 10.8 Å². The predicted molar refractivity (Wildman–Crippen MR) is 192 cm³/mol.